The van der Waals surface area contributed by atoms with E-state index in [-0.39, 0.29) is 5.91 Å². The second kappa shape index (κ2) is 6.54. The lowest BCUT2D eigenvalue weighted by molar-refractivity contribution is -0.124. The average molecular weight is 294 g/mol. The van der Waals surface area contributed by atoms with Gasteiger partial charge in [-0.05, 0) is 45.6 Å². The van der Waals surface area contributed by atoms with E-state index in [2.05, 4.69) is 15.3 Å². The summed E-state index contributed by atoms with van der Waals surface area (Å²) in [5.41, 5.74) is 5.91. The topological polar surface area (TPSA) is 80.9 Å². The van der Waals surface area contributed by atoms with E-state index < -0.39 is 5.54 Å². The predicted molar refractivity (Wildman–Crippen MR) is 80.5 cm³/mol. The first-order valence-corrected chi connectivity index (χ1v) is 7.98. The Morgan fingerprint density at radius 1 is 1.60 bits per heavy atom. The average Bonchev–Trinajstić information content (AvgIpc) is 3.18. The summed E-state index contributed by atoms with van der Waals surface area (Å²) in [6.07, 6.45) is 5.72. The molecule has 1 amide bonds. The molecular weight excluding hydrogens is 272 g/mol. The van der Waals surface area contributed by atoms with Gasteiger partial charge in [0.25, 0.3) is 0 Å². The van der Waals surface area contributed by atoms with E-state index in [1.165, 1.54) is 0 Å². The first kappa shape index (κ1) is 15.3. The number of rotatable bonds is 8. The van der Waals surface area contributed by atoms with Crippen molar-refractivity contribution in [2.24, 2.45) is 5.73 Å². The SMILES string of the molecule is Cc1ccnc(SCCCC(C)(NC2CC2)C(N)=O)n1. The third-order valence-electron chi connectivity index (χ3n) is 3.47. The summed E-state index contributed by atoms with van der Waals surface area (Å²) in [5.74, 6) is 0.625. The van der Waals surface area contributed by atoms with E-state index in [4.69, 9.17) is 5.73 Å². The second-order valence-electron chi connectivity index (χ2n) is 5.55. The minimum atomic E-state index is -0.588. The Morgan fingerprint density at radius 2 is 2.35 bits per heavy atom. The number of carbonyl (C=O) groups excluding carboxylic acids is 1. The summed E-state index contributed by atoms with van der Waals surface area (Å²) >= 11 is 1.62. The zero-order valence-electron chi connectivity index (χ0n) is 12.1. The van der Waals surface area contributed by atoms with Gasteiger partial charge < -0.3 is 11.1 Å². The Bertz CT molecular complexity index is 478. The molecule has 1 aliphatic rings. The summed E-state index contributed by atoms with van der Waals surface area (Å²) < 4.78 is 0. The lowest BCUT2D eigenvalue weighted by Crippen LogP contribution is -2.54. The van der Waals surface area contributed by atoms with Crippen LogP contribution in [0.25, 0.3) is 0 Å². The summed E-state index contributed by atoms with van der Waals surface area (Å²) in [6.45, 7) is 3.86. The van der Waals surface area contributed by atoms with Crippen molar-refractivity contribution in [1.82, 2.24) is 15.3 Å². The first-order chi connectivity index (χ1) is 9.49. The molecule has 1 atom stereocenters. The molecule has 3 N–H and O–H groups in total. The molecule has 0 aliphatic heterocycles. The number of hydrogen-bond acceptors (Lipinski definition) is 5. The number of aromatic nitrogens is 2. The van der Waals surface area contributed by atoms with Crippen molar-refractivity contribution in [3.05, 3.63) is 18.0 Å². The lowest BCUT2D eigenvalue weighted by atomic mass is 9.95. The third-order valence-corrected chi connectivity index (χ3v) is 4.42. The van der Waals surface area contributed by atoms with Crippen LogP contribution in [-0.2, 0) is 4.79 Å². The van der Waals surface area contributed by atoms with Crippen molar-refractivity contribution < 1.29 is 4.79 Å². The van der Waals surface area contributed by atoms with Crippen LogP contribution in [0.15, 0.2) is 17.4 Å². The molecule has 20 heavy (non-hydrogen) atoms. The highest BCUT2D eigenvalue weighted by atomic mass is 32.2. The quantitative estimate of drug-likeness (QED) is 0.433. The van der Waals surface area contributed by atoms with E-state index in [0.29, 0.717) is 6.04 Å². The molecule has 0 aromatic carbocycles. The molecule has 6 heteroatoms. The van der Waals surface area contributed by atoms with Crippen molar-refractivity contribution in [3.8, 4) is 0 Å². The molecule has 0 bridgehead atoms. The standard InChI is InChI=1S/C14H22N4OS/c1-10-6-8-16-13(17-10)20-9-3-7-14(2,12(15)19)18-11-4-5-11/h6,8,11,18H,3-5,7,9H2,1-2H3,(H2,15,19). The molecule has 1 aliphatic carbocycles. The number of nitrogens with zero attached hydrogens (tertiary/aromatic N) is 2. The number of amides is 1. The Balaban J connectivity index is 1.77. The van der Waals surface area contributed by atoms with Gasteiger partial charge >= 0.3 is 0 Å². The molecule has 1 heterocycles. The molecule has 2 rings (SSSR count). The van der Waals surface area contributed by atoms with E-state index in [0.717, 1.165) is 42.3 Å². The highest BCUT2D eigenvalue weighted by Gasteiger charge is 2.36. The number of carbonyl (C=O) groups is 1. The minimum Gasteiger partial charge on any atom is -0.368 e. The summed E-state index contributed by atoms with van der Waals surface area (Å²) in [4.78, 5) is 20.2. The van der Waals surface area contributed by atoms with Gasteiger partial charge in [-0.3, -0.25) is 4.79 Å². The molecule has 1 fully saturated rings. The Labute approximate surface area is 124 Å². The van der Waals surface area contributed by atoms with Gasteiger partial charge in [0.2, 0.25) is 5.91 Å². The molecule has 5 nitrogen and oxygen atoms in total. The van der Waals surface area contributed by atoms with Crippen LogP contribution in [0.1, 0.15) is 38.3 Å². The molecular formula is C14H22N4OS. The largest absolute Gasteiger partial charge is 0.368 e. The number of hydrogen-bond donors (Lipinski definition) is 2. The van der Waals surface area contributed by atoms with E-state index in [9.17, 15) is 4.79 Å². The molecule has 1 aromatic rings. The monoisotopic (exact) mass is 294 g/mol. The van der Waals surface area contributed by atoms with Gasteiger partial charge in [0.1, 0.15) is 0 Å². The highest BCUT2D eigenvalue weighted by molar-refractivity contribution is 7.99. The highest BCUT2D eigenvalue weighted by Crippen LogP contribution is 2.25. The van der Waals surface area contributed by atoms with Crippen LogP contribution in [0.4, 0.5) is 0 Å². The van der Waals surface area contributed by atoms with Crippen LogP contribution in [-0.4, -0.2) is 33.2 Å². The van der Waals surface area contributed by atoms with Gasteiger partial charge in [0, 0.05) is 23.7 Å². The van der Waals surface area contributed by atoms with Crippen molar-refractivity contribution >= 4 is 17.7 Å². The van der Waals surface area contributed by atoms with Gasteiger partial charge in [-0.15, -0.1) is 0 Å². The van der Waals surface area contributed by atoms with Crippen molar-refractivity contribution in [3.63, 3.8) is 0 Å². The fourth-order valence-electron chi connectivity index (χ4n) is 2.03. The number of nitrogens with one attached hydrogen (secondary N) is 1. The maximum absolute atomic E-state index is 11.6. The van der Waals surface area contributed by atoms with Gasteiger partial charge in [-0.1, -0.05) is 11.8 Å². The fraction of sp³-hybridized carbons (Fsp3) is 0.643. The lowest BCUT2D eigenvalue weighted by Gasteiger charge is -2.27. The molecule has 1 aromatic heterocycles. The normalized spacial score (nSPS) is 17.7. The molecule has 0 saturated heterocycles. The Morgan fingerprint density at radius 3 is 2.95 bits per heavy atom. The third kappa shape index (κ3) is 4.45. The Hall–Kier alpha value is -1.14. The van der Waals surface area contributed by atoms with Crippen LogP contribution in [0.3, 0.4) is 0 Å². The van der Waals surface area contributed by atoms with Crippen LogP contribution >= 0.6 is 11.8 Å². The van der Waals surface area contributed by atoms with E-state index >= 15 is 0 Å². The van der Waals surface area contributed by atoms with Crippen LogP contribution in [0.2, 0.25) is 0 Å². The molecule has 0 spiro atoms. The predicted octanol–water partition coefficient (Wildman–Crippen LogP) is 1.65. The fourth-order valence-corrected chi connectivity index (χ4v) is 2.84. The van der Waals surface area contributed by atoms with Crippen molar-refractivity contribution in [2.45, 2.75) is 56.3 Å². The molecule has 0 radical (unpaired) electrons. The van der Waals surface area contributed by atoms with Crippen molar-refractivity contribution in [2.75, 3.05) is 5.75 Å². The second-order valence-corrected chi connectivity index (χ2v) is 6.61. The molecule has 110 valence electrons. The molecule has 1 unspecified atom stereocenters. The van der Waals surface area contributed by atoms with Gasteiger partial charge in [-0.25, -0.2) is 9.97 Å². The molecule has 1 saturated carbocycles. The van der Waals surface area contributed by atoms with E-state index in [1.807, 2.05) is 19.9 Å². The summed E-state index contributed by atoms with van der Waals surface area (Å²) in [7, 11) is 0. The van der Waals surface area contributed by atoms with Gasteiger partial charge in [0.15, 0.2) is 5.16 Å². The Kier molecular flexibility index (Phi) is 4.99. The maximum Gasteiger partial charge on any atom is 0.237 e. The van der Waals surface area contributed by atoms with Crippen molar-refractivity contribution in [1.29, 1.82) is 0 Å². The first-order valence-electron chi connectivity index (χ1n) is 7.00. The van der Waals surface area contributed by atoms with Gasteiger partial charge in [-0.2, -0.15) is 0 Å². The number of thioether (sulfide) groups is 1. The van der Waals surface area contributed by atoms with Crippen LogP contribution < -0.4 is 11.1 Å². The zero-order chi connectivity index (χ0) is 14.6. The van der Waals surface area contributed by atoms with E-state index in [1.54, 1.807) is 18.0 Å². The smallest absolute Gasteiger partial charge is 0.237 e. The van der Waals surface area contributed by atoms with Crippen LogP contribution in [0.5, 0.6) is 0 Å². The van der Waals surface area contributed by atoms with Gasteiger partial charge in [0.05, 0.1) is 5.54 Å². The number of nitrogens with two attached hydrogens (primary N) is 1. The maximum atomic E-state index is 11.6. The zero-order valence-corrected chi connectivity index (χ0v) is 12.9. The summed E-state index contributed by atoms with van der Waals surface area (Å²) in [6, 6.07) is 2.36. The number of aryl methyl sites for hydroxylation is 1. The van der Waals surface area contributed by atoms with Crippen LogP contribution in [0, 0.1) is 6.92 Å². The minimum absolute atomic E-state index is 0.263. The summed E-state index contributed by atoms with van der Waals surface area (Å²) in [5, 5.41) is 4.15. The number of primary amides is 1.